The summed E-state index contributed by atoms with van der Waals surface area (Å²) < 4.78 is 5.75. The highest BCUT2D eigenvalue weighted by Crippen LogP contribution is 2.37. The Balaban J connectivity index is 2.06. The molecule has 0 radical (unpaired) electrons. The van der Waals surface area contributed by atoms with Gasteiger partial charge in [0.05, 0.1) is 12.0 Å². The smallest absolute Gasteiger partial charge is 0.211 e. The van der Waals surface area contributed by atoms with Crippen LogP contribution < -0.4 is 11.5 Å². The standard InChI is InChI=1S/C18H22N4O/c1-10-4-5-11(2)14(6-10)13-7-15(21-22-18(19)20)17-12(3)9-23-16(17)8-13/h4-6,9,13H,7-8H2,1-3H3,(H4,19,20,22). The van der Waals surface area contributed by atoms with E-state index in [-0.39, 0.29) is 5.96 Å². The summed E-state index contributed by atoms with van der Waals surface area (Å²) in [6, 6.07) is 6.55. The molecule has 1 aromatic carbocycles. The quantitative estimate of drug-likeness (QED) is 0.507. The largest absolute Gasteiger partial charge is 0.468 e. The van der Waals surface area contributed by atoms with E-state index >= 15 is 0 Å². The molecule has 23 heavy (non-hydrogen) atoms. The van der Waals surface area contributed by atoms with Gasteiger partial charge in [-0.3, -0.25) is 0 Å². The van der Waals surface area contributed by atoms with E-state index in [1.165, 1.54) is 16.7 Å². The molecule has 0 spiro atoms. The summed E-state index contributed by atoms with van der Waals surface area (Å²) in [5.41, 5.74) is 17.8. The minimum Gasteiger partial charge on any atom is -0.468 e. The zero-order chi connectivity index (χ0) is 16.6. The number of hydrogen-bond acceptors (Lipinski definition) is 3. The highest BCUT2D eigenvalue weighted by atomic mass is 16.3. The third-order valence-corrected chi connectivity index (χ3v) is 4.37. The highest BCUT2D eigenvalue weighted by molar-refractivity contribution is 6.04. The summed E-state index contributed by atoms with van der Waals surface area (Å²) in [6.07, 6.45) is 3.45. The van der Waals surface area contributed by atoms with Crippen molar-refractivity contribution < 1.29 is 4.42 Å². The van der Waals surface area contributed by atoms with Gasteiger partial charge in [0.2, 0.25) is 5.96 Å². The van der Waals surface area contributed by atoms with Gasteiger partial charge in [0.15, 0.2) is 0 Å². The van der Waals surface area contributed by atoms with Crippen LogP contribution in [0.25, 0.3) is 0 Å². The van der Waals surface area contributed by atoms with Crippen LogP contribution in [0.15, 0.2) is 39.1 Å². The fraction of sp³-hybridized carbons (Fsp3) is 0.333. The monoisotopic (exact) mass is 310 g/mol. The maximum Gasteiger partial charge on any atom is 0.211 e. The molecular weight excluding hydrogens is 288 g/mol. The zero-order valence-electron chi connectivity index (χ0n) is 13.8. The molecule has 3 rings (SSSR count). The Morgan fingerprint density at radius 3 is 2.65 bits per heavy atom. The fourth-order valence-corrected chi connectivity index (χ4v) is 3.30. The summed E-state index contributed by atoms with van der Waals surface area (Å²) in [7, 11) is 0. The number of benzene rings is 1. The highest BCUT2D eigenvalue weighted by Gasteiger charge is 2.30. The van der Waals surface area contributed by atoms with Crippen LogP contribution in [0, 0.1) is 20.8 Å². The topological polar surface area (TPSA) is 89.9 Å². The molecule has 0 fully saturated rings. The van der Waals surface area contributed by atoms with Crippen molar-refractivity contribution in [2.75, 3.05) is 0 Å². The Morgan fingerprint density at radius 2 is 1.91 bits per heavy atom. The molecular formula is C18H22N4O. The Kier molecular flexibility index (Phi) is 3.94. The predicted octanol–water partition coefficient (Wildman–Crippen LogP) is 2.91. The average Bonchev–Trinajstić information content (AvgIpc) is 2.88. The van der Waals surface area contributed by atoms with Crippen LogP contribution in [-0.4, -0.2) is 11.7 Å². The number of nitrogens with zero attached hydrogens (tertiary/aromatic N) is 2. The summed E-state index contributed by atoms with van der Waals surface area (Å²) in [4.78, 5) is 0. The molecule has 5 heteroatoms. The van der Waals surface area contributed by atoms with Gasteiger partial charge >= 0.3 is 0 Å². The summed E-state index contributed by atoms with van der Waals surface area (Å²) >= 11 is 0. The average molecular weight is 310 g/mol. The lowest BCUT2D eigenvalue weighted by molar-refractivity contribution is 0.479. The van der Waals surface area contributed by atoms with Gasteiger partial charge in [0.25, 0.3) is 0 Å². The predicted molar refractivity (Wildman–Crippen MR) is 92.8 cm³/mol. The number of fused-ring (bicyclic) bond motifs is 1. The van der Waals surface area contributed by atoms with Crippen molar-refractivity contribution >= 4 is 11.7 Å². The van der Waals surface area contributed by atoms with Crippen molar-refractivity contribution in [2.24, 2.45) is 21.7 Å². The van der Waals surface area contributed by atoms with Gasteiger partial charge in [0.1, 0.15) is 5.76 Å². The maximum atomic E-state index is 5.75. The second kappa shape index (κ2) is 5.91. The zero-order valence-corrected chi connectivity index (χ0v) is 13.8. The molecule has 1 heterocycles. The van der Waals surface area contributed by atoms with E-state index in [2.05, 4.69) is 42.2 Å². The van der Waals surface area contributed by atoms with Gasteiger partial charge in [-0.25, -0.2) is 0 Å². The van der Waals surface area contributed by atoms with E-state index in [0.29, 0.717) is 5.92 Å². The first kappa shape index (κ1) is 15.3. The maximum absolute atomic E-state index is 5.75. The van der Waals surface area contributed by atoms with Gasteiger partial charge in [-0.05, 0) is 49.8 Å². The number of aryl methyl sites for hydroxylation is 3. The second-order valence-electron chi connectivity index (χ2n) is 6.25. The summed E-state index contributed by atoms with van der Waals surface area (Å²) in [5.74, 6) is 1.25. The van der Waals surface area contributed by atoms with Crippen molar-refractivity contribution in [1.29, 1.82) is 0 Å². The Labute approximate surface area is 136 Å². The lowest BCUT2D eigenvalue weighted by Gasteiger charge is -2.25. The second-order valence-corrected chi connectivity index (χ2v) is 6.25. The SMILES string of the molecule is Cc1ccc(C)c(C2CC(=NN=C(N)N)c3c(C)coc3C2)c1. The molecule has 4 N–H and O–H groups in total. The van der Waals surface area contributed by atoms with Crippen molar-refractivity contribution in [3.05, 3.63) is 58.0 Å². The molecule has 0 aliphatic heterocycles. The summed E-state index contributed by atoms with van der Waals surface area (Å²) in [6.45, 7) is 6.28. The van der Waals surface area contributed by atoms with Crippen LogP contribution in [0.3, 0.4) is 0 Å². The molecule has 1 unspecified atom stereocenters. The Hall–Kier alpha value is -2.56. The molecule has 0 bridgehead atoms. The summed E-state index contributed by atoms with van der Waals surface area (Å²) in [5, 5.41) is 8.13. The molecule has 120 valence electrons. The molecule has 2 aromatic rings. The molecule has 5 nitrogen and oxygen atoms in total. The normalized spacial score (nSPS) is 18.7. The third-order valence-electron chi connectivity index (χ3n) is 4.37. The van der Waals surface area contributed by atoms with Crippen LogP contribution in [-0.2, 0) is 6.42 Å². The van der Waals surface area contributed by atoms with Gasteiger partial charge in [-0.1, -0.05) is 23.8 Å². The van der Waals surface area contributed by atoms with Crippen LogP contribution in [0.4, 0.5) is 0 Å². The molecule has 1 aliphatic carbocycles. The van der Waals surface area contributed by atoms with Gasteiger partial charge in [-0.15, -0.1) is 5.10 Å². The van der Waals surface area contributed by atoms with Gasteiger partial charge in [-0.2, -0.15) is 5.10 Å². The van der Waals surface area contributed by atoms with E-state index in [1.807, 2.05) is 6.92 Å². The van der Waals surface area contributed by atoms with E-state index in [9.17, 15) is 0 Å². The fourth-order valence-electron chi connectivity index (χ4n) is 3.30. The van der Waals surface area contributed by atoms with Crippen molar-refractivity contribution in [3.8, 4) is 0 Å². The first-order chi connectivity index (χ1) is 11.0. The number of rotatable bonds is 2. The molecule has 0 saturated heterocycles. The minimum absolute atomic E-state index is 0.0333. The van der Waals surface area contributed by atoms with E-state index in [0.717, 1.165) is 35.4 Å². The van der Waals surface area contributed by atoms with E-state index in [4.69, 9.17) is 15.9 Å². The molecule has 1 atom stereocenters. The number of nitrogens with two attached hydrogens (primary N) is 2. The van der Waals surface area contributed by atoms with Crippen molar-refractivity contribution in [2.45, 2.75) is 39.5 Å². The first-order valence-electron chi connectivity index (χ1n) is 7.75. The van der Waals surface area contributed by atoms with Crippen molar-refractivity contribution in [3.63, 3.8) is 0 Å². The number of guanidine groups is 1. The number of furan rings is 1. The molecule has 1 aliphatic rings. The molecule has 0 amide bonds. The van der Waals surface area contributed by atoms with Crippen LogP contribution in [0.1, 0.15) is 45.9 Å². The Bertz CT molecular complexity index is 797. The Morgan fingerprint density at radius 1 is 1.13 bits per heavy atom. The van der Waals surface area contributed by atoms with E-state index in [1.54, 1.807) is 6.26 Å². The van der Waals surface area contributed by atoms with Crippen LogP contribution >= 0.6 is 0 Å². The van der Waals surface area contributed by atoms with Gasteiger partial charge in [0, 0.05) is 12.0 Å². The third kappa shape index (κ3) is 2.99. The van der Waals surface area contributed by atoms with Gasteiger partial charge < -0.3 is 15.9 Å². The van der Waals surface area contributed by atoms with Crippen molar-refractivity contribution in [1.82, 2.24) is 0 Å². The molecule has 1 aromatic heterocycles. The van der Waals surface area contributed by atoms with E-state index < -0.39 is 0 Å². The first-order valence-corrected chi connectivity index (χ1v) is 7.75. The minimum atomic E-state index is -0.0333. The number of hydrogen-bond donors (Lipinski definition) is 2. The lowest BCUT2D eigenvalue weighted by Crippen LogP contribution is -2.23. The lowest BCUT2D eigenvalue weighted by atomic mass is 9.79. The van der Waals surface area contributed by atoms with Crippen LogP contribution in [0.5, 0.6) is 0 Å². The van der Waals surface area contributed by atoms with Crippen LogP contribution in [0.2, 0.25) is 0 Å². The molecule has 0 saturated carbocycles.